The van der Waals surface area contributed by atoms with E-state index in [1.807, 2.05) is 31.2 Å². The van der Waals surface area contributed by atoms with Crippen molar-refractivity contribution in [2.24, 2.45) is 0 Å². The molecule has 0 fully saturated rings. The van der Waals surface area contributed by atoms with Crippen LogP contribution in [0.25, 0.3) is 11.0 Å². The van der Waals surface area contributed by atoms with Crippen LogP contribution in [0.3, 0.4) is 0 Å². The minimum absolute atomic E-state index is 0.295. The minimum Gasteiger partial charge on any atom is -0.354 e. The summed E-state index contributed by atoms with van der Waals surface area (Å²) in [6, 6.07) is 12.6. The zero-order valence-corrected chi connectivity index (χ0v) is 13.2. The number of urea groups is 1. The molecule has 112 valence electrons. The molecule has 0 spiro atoms. The number of carbonyl (C=O) groups excluding carboxylic acids is 1. The minimum atomic E-state index is -0.400. The van der Waals surface area contributed by atoms with Gasteiger partial charge in [-0.1, -0.05) is 41.0 Å². The van der Waals surface area contributed by atoms with E-state index in [2.05, 4.69) is 15.2 Å². The van der Waals surface area contributed by atoms with Gasteiger partial charge in [-0.15, -0.1) is 0 Å². The number of carbonyl (C=O) groups is 1. The first kappa shape index (κ1) is 14.7. The normalized spacial score (nSPS) is 10.6. The number of hydrogen-bond acceptors (Lipinski definition) is 4. The van der Waals surface area contributed by atoms with Crippen LogP contribution in [0.15, 0.2) is 51.9 Å². The summed E-state index contributed by atoms with van der Waals surface area (Å²) in [4.78, 5) is 13.0. The average Bonchev–Trinajstić information content (AvgIpc) is 2.91. The van der Waals surface area contributed by atoms with Crippen molar-refractivity contribution >= 4 is 46.4 Å². The van der Waals surface area contributed by atoms with Gasteiger partial charge in [0, 0.05) is 4.90 Å². The Morgan fingerprint density at radius 3 is 2.86 bits per heavy atom. The summed E-state index contributed by atoms with van der Waals surface area (Å²) in [7, 11) is 0. The molecule has 5 nitrogen and oxygen atoms in total. The van der Waals surface area contributed by atoms with Crippen LogP contribution >= 0.6 is 23.5 Å². The fourth-order valence-electron chi connectivity index (χ4n) is 1.94. The molecular formula is C15H12ClN3O2S. The number of nitrogens with one attached hydrogen (secondary N) is 2. The first-order valence-corrected chi connectivity index (χ1v) is 7.68. The van der Waals surface area contributed by atoms with E-state index in [4.69, 9.17) is 16.1 Å². The van der Waals surface area contributed by atoms with Gasteiger partial charge in [0.05, 0.1) is 10.4 Å². The molecule has 2 N–H and O–H groups in total. The van der Waals surface area contributed by atoms with Crippen LogP contribution in [-0.2, 0) is 0 Å². The number of halogens is 1. The predicted molar refractivity (Wildman–Crippen MR) is 88.2 cm³/mol. The van der Waals surface area contributed by atoms with Crippen molar-refractivity contribution in [3.05, 3.63) is 53.1 Å². The van der Waals surface area contributed by atoms with Crippen molar-refractivity contribution in [2.75, 3.05) is 5.32 Å². The van der Waals surface area contributed by atoms with Crippen molar-refractivity contribution in [3.8, 4) is 0 Å². The maximum Gasteiger partial charge on any atom is 0.330 e. The molecule has 1 heterocycles. The Morgan fingerprint density at radius 1 is 1.23 bits per heavy atom. The fraction of sp³-hybridized carbons (Fsp3) is 0.0667. The number of aryl methyl sites for hydroxylation is 1. The molecule has 0 unspecified atom stereocenters. The van der Waals surface area contributed by atoms with Gasteiger partial charge >= 0.3 is 6.03 Å². The highest BCUT2D eigenvalue weighted by Gasteiger charge is 2.14. The molecule has 2 amide bonds. The van der Waals surface area contributed by atoms with Crippen LogP contribution in [0.2, 0.25) is 5.02 Å². The van der Waals surface area contributed by atoms with Gasteiger partial charge < -0.3 is 4.52 Å². The Balaban J connectivity index is 1.70. The molecule has 0 aliphatic rings. The predicted octanol–water partition coefficient (Wildman–Crippen LogP) is 4.62. The standard InChI is InChI=1S/C15H12ClN3O2S/c1-9-5-2-3-8-12(9)22-19-15(20)17-14-13-10(16)6-4-7-11(13)21-18-14/h2-8H,1H3,(H2,17,18,19,20). The number of fused-ring (bicyclic) bond motifs is 1. The molecule has 0 aliphatic heterocycles. The molecular weight excluding hydrogens is 322 g/mol. The van der Waals surface area contributed by atoms with Crippen molar-refractivity contribution < 1.29 is 9.32 Å². The van der Waals surface area contributed by atoms with E-state index < -0.39 is 6.03 Å². The van der Waals surface area contributed by atoms with Crippen molar-refractivity contribution in [1.82, 2.24) is 9.88 Å². The zero-order valence-electron chi connectivity index (χ0n) is 11.6. The Labute approximate surface area is 136 Å². The summed E-state index contributed by atoms with van der Waals surface area (Å²) in [5.41, 5.74) is 1.61. The van der Waals surface area contributed by atoms with Gasteiger partial charge in [0.2, 0.25) is 0 Å². The van der Waals surface area contributed by atoms with E-state index in [-0.39, 0.29) is 0 Å². The Hall–Kier alpha value is -2.18. The third kappa shape index (κ3) is 3.03. The lowest BCUT2D eigenvalue weighted by molar-refractivity contribution is 0.257. The highest BCUT2D eigenvalue weighted by molar-refractivity contribution is 7.98. The third-order valence-electron chi connectivity index (χ3n) is 3.03. The highest BCUT2D eigenvalue weighted by Crippen LogP contribution is 2.30. The molecule has 1 aromatic heterocycles. The number of rotatable bonds is 3. The Bertz CT molecular complexity index is 835. The summed E-state index contributed by atoms with van der Waals surface area (Å²) < 4.78 is 7.83. The summed E-state index contributed by atoms with van der Waals surface area (Å²) in [5, 5.41) is 7.52. The van der Waals surface area contributed by atoms with Gasteiger partial charge in [-0.3, -0.25) is 10.0 Å². The molecule has 0 saturated carbocycles. The second-order valence-electron chi connectivity index (χ2n) is 4.57. The number of aromatic nitrogens is 1. The summed E-state index contributed by atoms with van der Waals surface area (Å²) >= 11 is 7.34. The monoisotopic (exact) mass is 333 g/mol. The molecule has 0 aliphatic carbocycles. The van der Waals surface area contributed by atoms with E-state index in [0.29, 0.717) is 21.8 Å². The SMILES string of the molecule is Cc1ccccc1SNC(=O)Nc1noc2cccc(Cl)c12. The molecule has 7 heteroatoms. The maximum atomic E-state index is 12.0. The van der Waals surface area contributed by atoms with Gasteiger partial charge in [-0.2, -0.15) is 0 Å². The van der Waals surface area contributed by atoms with E-state index in [1.165, 1.54) is 11.9 Å². The molecule has 0 saturated heterocycles. The molecule has 0 bridgehead atoms. The van der Waals surface area contributed by atoms with Crippen molar-refractivity contribution in [1.29, 1.82) is 0 Å². The third-order valence-corrected chi connectivity index (χ3v) is 4.31. The smallest absolute Gasteiger partial charge is 0.330 e. The number of benzene rings is 2. The summed E-state index contributed by atoms with van der Waals surface area (Å²) in [5.74, 6) is 0.295. The van der Waals surface area contributed by atoms with E-state index >= 15 is 0 Å². The maximum absolute atomic E-state index is 12.0. The van der Waals surface area contributed by atoms with Crippen molar-refractivity contribution in [2.45, 2.75) is 11.8 Å². The number of amides is 2. The number of nitrogens with zero attached hydrogens (tertiary/aromatic N) is 1. The average molecular weight is 334 g/mol. The Morgan fingerprint density at radius 2 is 2.05 bits per heavy atom. The van der Waals surface area contributed by atoms with E-state index in [9.17, 15) is 4.79 Å². The van der Waals surface area contributed by atoms with Crippen LogP contribution < -0.4 is 10.0 Å². The second-order valence-corrected chi connectivity index (χ2v) is 5.82. The quantitative estimate of drug-likeness (QED) is 0.686. The first-order valence-electron chi connectivity index (χ1n) is 6.48. The van der Waals surface area contributed by atoms with Gasteiger partial charge in [-0.05, 0) is 42.6 Å². The molecule has 0 radical (unpaired) electrons. The first-order chi connectivity index (χ1) is 10.6. The van der Waals surface area contributed by atoms with Gasteiger partial charge in [0.15, 0.2) is 11.4 Å². The van der Waals surface area contributed by atoms with Crippen LogP contribution in [0.1, 0.15) is 5.56 Å². The lowest BCUT2D eigenvalue weighted by atomic mass is 10.2. The topological polar surface area (TPSA) is 67.2 Å². The van der Waals surface area contributed by atoms with Crippen LogP contribution in [-0.4, -0.2) is 11.2 Å². The number of hydrogen-bond donors (Lipinski definition) is 2. The van der Waals surface area contributed by atoms with Gasteiger partial charge in [0.25, 0.3) is 0 Å². The zero-order chi connectivity index (χ0) is 15.5. The molecule has 0 atom stereocenters. The van der Waals surface area contributed by atoms with Crippen molar-refractivity contribution in [3.63, 3.8) is 0 Å². The molecule has 3 rings (SSSR count). The summed E-state index contributed by atoms with van der Waals surface area (Å²) in [6.07, 6.45) is 0. The van der Waals surface area contributed by atoms with E-state index in [0.717, 1.165) is 10.5 Å². The van der Waals surface area contributed by atoms with Crippen LogP contribution in [0.5, 0.6) is 0 Å². The van der Waals surface area contributed by atoms with Crippen LogP contribution in [0.4, 0.5) is 10.6 Å². The van der Waals surface area contributed by atoms with E-state index in [1.54, 1.807) is 18.2 Å². The van der Waals surface area contributed by atoms with Gasteiger partial charge in [-0.25, -0.2) is 4.79 Å². The highest BCUT2D eigenvalue weighted by atomic mass is 35.5. The molecule has 22 heavy (non-hydrogen) atoms. The lowest BCUT2D eigenvalue weighted by Crippen LogP contribution is -2.23. The fourth-order valence-corrected chi connectivity index (χ4v) is 2.83. The largest absolute Gasteiger partial charge is 0.354 e. The van der Waals surface area contributed by atoms with Gasteiger partial charge in [0.1, 0.15) is 0 Å². The second kappa shape index (κ2) is 6.29. The molecule has 3 aromatic rings. The number of anilines is 1. The van der Waals surface area contributed by atoms with Crippen LogP contribution in [0, 0.1) is 6.92 Å². The molecule has 2 aromatic carbocycles. The lowest BCUT2D eigenvalue weighted by Gasteiger charge is -2.07. The Kier molecular flexibility index (Phi) is 4.22. The summed E-state index contributed by atoms with van der Waals surface area (Å²) in [6.45, 7) is 1.98.